The molecule has 2 aromatic carbocycles. The number of hydrogen-bond donors (Lipinski definition) is 1. The number of hydrogen-bond acceptors (Lipinski definition) is 3. The molecule has 0 aliphatic rings. The Morgan fingerprint density at radius 1 is 1.15 bits per heavy atom. The smallest absolute Gasteiger partial charge is 0.279 e. The maximum atomic E-state index is 12.9. The molecule has 5 nitrogen and oxygen atoms in total. The average molecular weight is 429 g/mol. The van der Waals surface area contributed by atoms with Crippen LogP contribution in [0.4, 0.5) is 0 Å². The highest BCUT2D eigenvalue weighted by molar-refractivity contribution is 9.10. The molecule has 27 heavy (non-hydrogen) atoms. The van der Waals surface area contributed by atoms with E-state index < -0.39 is 0 Å². The summed E-state index contributed by atoms with van der Waals surface area (Å²) in [6.45, 7) is 8.86. The Hall–Kier alpha value is -2.73. The van der Waals surface area contributed by atoms with E-state index in [1.807, 2.05) is 56.3 Å². The topological polar surface area (TPSA) is 56.2 Å². The van der Waals surface area contributed by atoms with Gasteiger partial charge in [0, 0.05) is 0 Å². The highest BCUT2D eigenvalue weighted by Crippen LogP contribution is 2.37. The fraction of sp³-hybridized carbons (Fsp3) is 0.190. The second-order valence-electron chi connectivity index (χ2n) is 5.82. The molecule has 0 amide bonds. The van der Waals surface area contributed by atoms with Gasteiger partial charge in [0.1, 0.15) is 0 Å². The molecule has 3 rings (SSSR count). The Balaban J connectivity index is 2.14. The molecule has 1 aromatic heterocycles. The van der Waals surface area contributed by atoms with Crippen LogP contribution in [0.5, 0.6) is 11.5 Å². The van der Waals surface area contributed by atoms with Crippen molar-refractivity contribution in [1.29, 1.82) is 0 Å². The third-order valence-corrected chi connectivity index (χ3v) is 4.54. The molecule has 0 spiro atoms. The first kappa shape index (κ1) is 19.0. The van der Waals surface area contributed by atoms with Crippen LogP contribution >= 0.6 is 15.9 Å². The molecule has 3 aromatic rings. The van der Waals surface area contributed by atoms with Crippen molar-refractivity contribution in [3.63, 3.8) is 0 Å². The van der Waals surface area contributed by atoms with Crippen LogP contribution in [0, 0.1) is 0 Å². The van der Waals surface area contributed by atoms with Gasteiger partial charge in [-0.05, 0) is 65.7 Å². The van der Waals surface area contributed by atoms with E-state index in [0.717, 1.165) is 15.7 Å². The molecule has 0 atom stereocenters. The van der Waals surface area contributed by atoms with E-state index in [4.69, 9.17) is 9.47 Å². The SMILES string of the molecule is C=c1[nH]n(-c2ccccc2)c(=O)/c1=C/c1cc(Br)c(OCC)c(OCC)c1. The summed E-state index contributed by atoms with van der Waals surface area (Å²) in [5, 5.41) is 4.08. The van der Waals surface area contributed by atoms with Crippen molar-refractivity contribution < 1.29 is 9.47 Å². The lowest BCUT2D eigenvalue weighted by Gasteiger charge is -2.13. The number of aromatic amines is 1. The van der Waals surface area contributed by atoms with Gasteiger partial charge in [-0.1, -0.05) is 24.8 Å². The van der Waals surface area contributed by atoms with Crippen molar-refractivity contribution in [2.45, 2.75) is 13.8 Å². The van der Waals surface area contributed by atoms with Gasteiger partial charge in [0.2, 0.25) is 0 Å². The van der Waals surface area contributed by atoms with Crippen LogP contribution in [0.2, 0.25) is 0 Å². The maximum absolute atomic E-state index is 12.9. The van der Waals surface area contributed by atoms with Gasteiger partial charge < -0.3 is 9.47 Å². The first-order valence-electron chi connectivity index (χ1n) is 8.71. The number of rotatable bonds is 6. The maximum Gasteiger partial charge on any atom is 0.279 e. The zero-order valence-corrected chi connectivity index (χ0v) is 16.9. The zero-order chi connectivity index (χ0) is 19.4. The van der Waals surface area contributed by atoms with Gasteiger partial charge in [0.15, 0.2) is 11.5 Å². The third-order valence-electron chi connectivity index (χ3n) is 3.95. The standard InChI is InChI=1S/C21H21BrN2O3/c1-4-26-19-13-15(12-18(22)20(19)27-5-2)11-17-14(3)23-24(21(17)25)16-9-7-6-8-10-16/h6-13,23H,3-5H2,1-2H3/b17-11+. The predicted octanol–water partition coefficient (Wildman–Crippen LogP) is 2.96. The summed E-state index contributed by atoms with van der Waals surface area (Å²) in [5.74, 6) is 1.28. The Bertz CT molecular complexity index is 1100. The first-order chi connectivity index (χ1) is 13.0. The van der Waals surface area contributed by atoms with Gasteiger partial charge in [0.25, 0.3) is 5.56 Å². The second-order valence-corrected chi connectivity index (χ2v) is 6.67. The first-order valence-corrected chi connectivity index (χ1v) is 9.50. The molecular formula is C21H21BrN2O3. The molecule has 0 radical (unpaired) electrons. The van der Waals surface area contributed by atoms with Crippen molar-refractivity contribution in [2.24, 2.45) is 0 Å². The minimum atomic E-state index is -0.158. The van der Waals surface area contributed by atoms with Crippen LogP contribution in [0.25, 0.3) is 18.3 Å². The second kappa shape index (κ2) is 8.31. The van der Waals surface area contributed by atoms with Crippen LogP contribution in [-0.2, 0) is 0 Å². The number of H-pyrrole nitrogens is 1. The summed E-state index contributed by atoms with van der Waals surface area (Å²) in [6.07, 6.45) is 1.80. The summed E-state index contributed by atoms with van der Waals surface area (Å²) in [7, 11) is 0. The molecule has 1 N–H and O–H groups in total. The molecule has 6 heteroatoms. The van der Waals surface area contributed by atoms with E-state index >= 15 is 0 Å². The minimum Gasteiger partial charge on any atom is -0.490 e. The third kappa shape index (κ3) is 4.01. The lowest BCUT2D eigenvalue weighted by Crippen LogP contribution is -2.33. The van der Waals surface area contributed by atoms with Gasteiger partial charge >= 0.3 is 0 Å². The van der Waals surface area contributed by atoms with Crippen molar-refractivity contribution >= 4 is 28.6 Å². The summed E-state index contributed by atoms with van der Waals surface area (Å²) in [4.78, 5) is 12.9. The minimum absolute atomic E-state index is 0.158. The lowest BCUT2D eigenvalue weighted by molar-refractivity contribution is 0.286. The Morgan fingerprint density at radius 2 is 1.85 bits per heavy atom. The molecule has 1 heterocycles. The summed E-state index contributed by atoms with van der Waals surface area (Å²) in [5.41, 5.74) is 1.42. The summed E-state index contributed by atoms with van der Waals surface area (Å²) in [6, 6.07) is 13.1. The van der Waals surface area contributed by atoms with Crippen molar-refractivity contribution in [2.75, 3.05) is 13.2 Å². The van der Waals surface area contributed by atoms with E-state index in [-0.39, 0.29) is 5.56 Å². The van der Waals surface area contributed by atoms with Crippen LogP contribution in [0.1, 0.15) is 19.4 Å². The number of nitrogens with one attached hydrogen (secondary N) is 1. The zero-order valence-electron chi connectivity index (χ0n) is 15.3. The molecule has 0 bridgehead atoms. The summed E-state index contributed by atoms with van der Waals surface area (Å²) >= 11 is 3.53. The number of ether oxygens (including phenoxy) is 2. The molecule has 140 valence electrons. The molecule has 0 aliphatic heterocycles. The molecule has 0 unspecified atom stereocenters. The Kier molecular flexibility index (Phi) is 5.86. The number of aromatic nitrogens is 2. The van der Waals surface area contributed by atoms with E-state index in [2.05, 4.69) is 27.6 Å². The van der Waals surface area contributed by atoms with Crippen molar-refractivity contribution in [3.8, 4) is 17.2 Å². The molecule has 0 saturated heterocycles. The highest BCUT2D eigenvalue weighted by Gasteiger charge is 2.12. The predicted molar refractivity (Wildman–Crippen MR) is 111 cm³/mol. The van der Waals surface area contributed by atoms with Crippen LogP contribution in [0.3, 0.4) is 0 Å². The van der Waals surface area contributed by atoms with Gasteiger partial charge in [-0.25, -0.2) is 4.68 Å². The molecule has 0 aliphatic carbocycles. The van der Waals surface area contributed by atoms with E-state index in [9.17, 15) is 4.79 Å². The normalized spacial score (nSPS) is 11.6. The fourth-order valence-corrected chi connectivity index (χ4v) is 3.36. The van der Waals surface area contributed by atoms with Gasteiger partial charge in [-0.2, -0.15) is 0 Å². The Labute approximate surface area is 165 Å². The van der Waals surface area contributed by atoms with Gasteiger partial charge in [-0.3, -0.25) is 9.89 Å². The van der Waals surface area contributed by atoms with E-state index in [1.165, 1.54) is 4.68 Å². The lowest BCUT2D eigenvalue weighted by atomic mass is 10.1. The molecular weight excluding hydrogens is 408 g/mol. The Morgan fingerprint density at radius 3 is 2.52 bits per heavy atom. The van der Waals surface area contributed by atoms with Crippen LogP contribution in [-0.4, -0.2) is 23.0 Å². The number of nitrogens with zero attached hydrogens (tertiary/aromatic N) is 1. The van der Waals surface area contributed by atoms with Gasteiger partial charge in [-0.15, -0.1) is 0 Å². The highest BCUT2D eigenvalue weighted by atomic mass is 79.9. The van der Waals surface area contributed by atoms with Crippen LogP contribution < -0.4 is 25.6 Å². The fourth-order valence-electron chi connectivity index (χ4n) is 2.79. The number of halogens is 1. The van der Waals surface area contributed by atoms with E-state index in [1.54, 1.807) is 6.08 Å². The monoisotopic (exact) mass is 428 g/mol. The average Bonchev–Trinajstić information content (AvgIpc) is 2.94. The van der Waals surface area contributed by atoms with Crippen LogP contribution in [0.15, 0.2) is 51.7 Å². The quantitative estimate of drug-likeness (QED) is 0.656. The largest absolute Gasteiger partial charge is 0.490 e. The van der Waals surface area contributed by atoms with Gasteiger partial charge in [0.05, 0.1) is 33.9 Å². The molecule has 0 saturated carbocycles. The van der Waals surface area contributed by atoms with Crippen molar-refractivity contribution in [1.82, 2.24) is 9.78 Å². The summed E-state index contributed by atoms with van der Waals surface area (Å²) < 4.78 is 13.6. The number of para-hydroxylation sites is 1. The van der Waals surface area contributed by atoms with E-state index in [0.29, 0.717) is 35.3 Å². The molecule has 0 fully saturated rings. The number of benzene rings is 2. The van der Waals surface area contributed by atoms with Crippen molar-refractivity contribution in [3.05, 3.63) is 73.4 Å².